The van der Waals surface area contributed by atoms with Crippen LogP contribution in [0.3, 0.4) is 0 Å². The van der Waals surface area contributed by atoms with Crippen LogP contribution in [-0.2, 0) is 23.9 Å². The second-order valence-electron chi connectivity index (χ2n) is 13.6. The molecular weight excluding hydrogens is 769 g/mol. The fourth-order valence-electron chi connectivity index (χ4n) is 5.53. The number of unbranched alkanes of at least 4 members (excludes halogenated alkanes) is 5. The lowest BCUT2D eigenvalue weighted by molar-refractivity contribution is -0.147. The van der Waals surface area contributed by atoms with E-state index in [0.29, 0.717) is 52.8 Å². The Morgan fingerprint density at radius 2 is 0.867 bits per heavy atom. The third-order valence-corrected chi connectivity index (χ3v) is 8.81. The van der Waals surface area contributed by atoms with Crippen molar-refractivity contribution in [2.24, 2.45) is 0 Å². The number of benzene rings is 5. The molecule has 2 N–H and O–H groups in total. The van der Waals surface area contributed by atoms with E-state index in [0.717, 1.165) is 37.7 Å². The molecule has 0 fully saturated rings. The SMILES string of the molecule is Cc1ccc(C(=O)Oc2ccc(OC(=O)c3ccc(OCCCCCCCCOC(=O)CCC(=O)Oc4ccc(NC(=O)C(=O)Nc5ccccc5)cc4)cc3)cc2)cc1. The van der Waals surface area contributed by atoms with Gasteiger partial charge in [-0.3, -0.25) is 19.2 Å². The first-order chi connectivity index (χ1) is 29.1. The van der Waals surface area contributed by atoms with Crippen molar-refractivity contribution in [3.05, 3.63) is 144 Å². The molecule has 0 aliphatic rings. The van der Waals surface area contributed by atoms with Gasteiger partial charge in [0.15, 0.2) is 0 Å². The zero-order valence-corrected chi connectivity index (χ0v) is 33.2. The van der Waals surface area contributed by atoms with Crippen LogP contribution in [0.1, 0.15) is 77.6 Å². The Labute approximate surface area is 348 Å². The Morgan fingerprint density at radius 3 is 1.43 bits per heavy atom. The summed E-state index contributed by atoms with van der Waals surface area (Å²) < 4.78 is 27.2. The van der Waals surface area contributed by atoms with Gasteiger partial charge < -0.3 is 34.3 Å². The standard InChI is InChI=1S/C47H46N2O11/c1-33-13-15-34(16-14-33)46(54)59-40-25-27-41(28-26-40)60-47(55)35-17-21-38(22-18-35)56-31-9-4-2-3-5-10-32-57-42(50)29-30-43(51)58-39-23-19-37(20-24-39)49-45(53)44(52)48-36-11-7-6-8-12-36/h6-8,11-28H,2-5,9-10,29-32H2,1H3,(H,48,52)(H,49,53). The van der Waals surface area contributed by atoms with Gasteiger partial charge >= 0.3 is 35.7 Å². The highest BCUT2D eigenvalue weighted by Crippen LogP contribution is 2.22. The summed E-state index contributed by atoms with van der Waals surface area (Å²) in [5.74, 6) is -2.25. The minimum atomic E-state index is -0.850. The van der Waals surface area contributed by atoms with Crippen molar-refractivity contribution in [2.45, 2.75) is 58.3 Å². The number of nitrogens with one attached hydrogen (secondary N) is 2. The first-order valence-corrected chi connectivity index (χ1v) is 19.6. The summed E-state index contributed by atoms with van der Waals surface area (Å²) in [4.78, 5) is 73.5. The molecule has 0 atom stereocenters. The van der Waals surface area contributed by atoms with E-state index in [4.69, 9.17) is 23.7 Å². The monoisotopic (exact) mass is 814 g/mol. The molecule has 60 heavy (non-hydrogen) atoms. The van der Waals surface area contributed by atoms with Crippen molar-refractivity contribution < 1.29 is 52.5 Å². The van der Waals surface area contributed by atoms with Crippen molar-refractivity contribution in [3.63, 3.8) is 0 Å². The van der Waals surface area contributed by atoms with Crippen LogP contribution in [0, 0.1) is 6.92 Å². The molecule has 0 aromatic heterocycles. The lowest BCUT2D eigenvalue weighted by atomic mass is 10.1. The zero-order valence-electron chi connectivity index (χ0n) is 33.2. The Kier molecular flexibility index (Phi) is 17.0. The van der Waals surface area contributed by atoms with Gasteiger partial charge in [0.25, 0.3) is 0 Å². The highest BCUT2D eigenvalue weighted by atomic mass is 16.5. The van der Waals surface area contributed by atoms with Crippen LogP contribution in [0.15, 0.2) is 127 Å². The van der Waals surface area contributed by atoms with Gasteiger partial charge in [0.1, 0.15) is 23.0 Å². The quantitative estimate of drug-likeness (QED) is 0.0333. The molecule has 13 heteroatoms. The Balaban J connectivity index is 0.851. The highest BCUT2D eigenvalue weighted by Gasteiger charge is 2.15. The van der Waals surface area contributed by atoms with Gasteiger partial charge in [0.2, 0.25) is 0 Å². The number of aryl methyl sites for hydroxylation is 1. The second-order valence-corrected chi connectivity index (χ2v) is 13.6. The number of carbonyl (C=O) groups excluding carboxylic acids is 6. The number of carbonyl (C=O) groups is 6. The van der Waals surface area contributed by atoms with Gasteiger partial charge in [-0.25, -0.2) is 9.59 Å². The van der Waals surface area contributed by atoms with E-state index in [1.165, 1.54) is 24.3 Å². The van der Waals surface area contributed by atoms with Gasteiger partial charge in [-0.2, -0.15) is 0 Å². The molecule has 310 valence electrons. The number of hydrogen-bond acceptors (Lipinski definition) is 11. The number of esters is 4. The fourth-order valence-corrected chi connectivity index (χ4v) is 5.53. The third-order valence-electron chi connectivity index (χ3n) is 8.81. The van der Waals surface area contributed by atoms with Crippen molar-refractivity contribution in [3.8, 4) is 23.0 Å². The topological polar surface area (TPSA) is 173 Å². The van der Waals surface area contributed by atoms with E-state index in [2.05, 4.69) is 10.6 Å². The third kappa shape index (κ3) is 15.2. The molecule has 0 saturated carbocycles. The van der Waals surface area contributed by atoms with E-state index < -0.39 is 35.7 Å². The molecule has 2 amide bonds. The molecule has 0 bridgehead atoms. The molecule has 0 unspecified atom stereocenters. The van der Waals surface area contributed by atoms with Crippen LogP contribution in [0.2, 0.25) is 0 Å². The maximum absolute atomic E-state index is 12.6. The first-order valence-electron chi connectivity index (χ1n) is 19.6. The van der Waals surface area contributed by atoms with Gasteiger partial charge in [0, 0.05) is 11.4 Å². The van der Waals surface area contributed by atoms with Crippen LogP contribution in [0.25, 0.3) is 0 Å². The molecule has 0 aliphatic heterocycles. The van der Waals surface area contributed by atoms with E-state index in [1.807, 2.05) is 19.1 Å². The number of ether oxygens (including phenoxy) is 5. The summed E-state index contributed by atoms with van der Waals surface area (Å²) in [6, 6.07) is 34.5. The summed E-state index contributed by atoms with van der Waals surface area (Å²) in [6.45, 7) is 2.74. The molecule has 0 heterocycles. The first kappa shape index (κ1) is 43.8. The molecule has 5 rings (SSSR count). The normalized spacial score (nSPS) is 10.5. The summed E-state index contributed by atoms with van der Waals surface area (Å²) >= 11 is 0. The molecule has 13 nitrogen and oxygen atoms in total. The highest BCUT2D eigenvalue weighted by molar-refractivity contribution is 6.43. The summed E-state index contributed by atoms with van der Waals surface area (Å²) in [7, 11) is 0. The van der Waals surface area contributed by atoms with Crippen molar-refractivity contribution in [2.75, 3.05) is 23.8 Å². The molecule has 0 radical (unpaired) electrons. The number of rotatable bonds is 20. The second kappa shape index (κ2) is 23.2. The summed E-state index contributed by atoms with van der Waals surface area (Å²) in [5.41, 5.74) is 2.67. The maximum atomic E-state index is 12.6. The molecule has 0 spiro atoms. The summed E-state index contributed by atoms with van der Waals surface area (Å²) in [5, 5.41) is 4.96. The van der Waals surface area contributed by atoms with Crippen LogP contribution in [0.4, 0.5) is 11.4 Å². The Hall–Kier alpha value is -7.28. The van der Waals surface area contributed by atoms with Crippen molar-refractivity contribution in [1.82, 2.24) is 0 Å². The van der Waals surface area contributed by atoms with Crippen molar-refractivity contribution >= 4 is 47.1 Å². The Morgan fingerprint density at radius 1 is 0.433 bits per heavy atom. The smallest absolute Gasteiger partial charge is 0.343 e. The van der Waals surface area contributed by atoms with E-state index in [9.17, 15) is 28.8 Å². The largest absolute Gasteiger partial charge is 0.494 e. The fraction of sp³-hybridized carbons (Fsp3) is 0.234. The van der Waals surface area contributed by atoms with Crippen LogP contribution >= 0.6 is 0 Å². The predicted molar refractivity (Wildman–Crippen MR) is 223 cm³/mol. The van der Waals surface area contributed by atoms with Crippen molar-refractivity contribution in [1.29, 1.82) is 0 Å². The maximum Gasteiger partial charge on any atom is 0.343 e. The van der Waals surface area contributed by atoms with E-state index in [1.54, 1.807) is 91.0 Å². The molecule has 5 aromatic rings. The van der Waals surface area contributed by atoms with Gasteiger partial charge in [-0.1, -0.05) is 61.6 Å². The average Bonchev–Trinajstić information content (AvgIpc) is 3.25. The molecular formula is C47H46N2O11. The molecule has 0 saturated heterocycles. The molecule has 5 aromatic carbocycles. The zero-order chi connectivity index (χ0) is 42.5. The van der Waals surface area contributed by atoms with Crippen LogP contribution < -0.4 is 29.6 Å². The van der Waals surface area contributed by atoms with Gasteiger partial charge in [-0.15, -0.1) is 0 Å². The number of amides is 2. The number of para-hydroxylation sites is 1. The minimum absolute atomic E-state index is 0.109. The number of hydrogen-bond donors (Lipinski definition) is 2. The molecule has 0 aliphatic carbocycles. The van der Waals surface area contributed by atoms with E-state index in [-0.39, 0.29) is 25.2 Å². The predicted octanol–water partition coefficient (Wildman–Crippen LogP) is 8.66. The van der Waals surface area contributed by atoms with Crippen LogP contribution in [0.5, 0.6) is 23.0 Å². The van der Waals surface area contributed by atoms with Crippen LogP contribution in [-0.4, -0.2) is 48.9 Å². The van der Waals surface area contributed by atoms with E-state index >= 15 is 0 Å². The van der Waals surface area contributed by atoms with Gasteiger partial charge in [0.05, 0.1) is 37.2 Å². The number of anilines is 2. The minimum Gasteiger partial charge on any atom is -0.494 e. The lowest BCUT2D eigenvalue weighted by Gasteiger charge is -2.09. The lowest BCUT2D eigenvalue weighted by Crippen LogP contribution is -2.29. The Bertz CT molecular complexity index is 2190. The average molecular weight is 815 g/mol. The summed E-state index contributed by atoms with van der Waals surface area (Å²) in [6.07, 6.45) is 5.16. The van der Waals surface area contributed by atoms with Gasteiger partial charge in [-0.05, 0) is 117 Å².